The van der Waals surface area contributed by atoms with Crippen molar-refractivity contribution in [3.05, 3.63) is 60.2 Å². The third-order valence-electron chi connectivity index (χ3n) is 3.37. The highest BCUT2D eigenvalue weighted by Crippen LogP contribution is 2.28. The van der Waals surface area contributed by atoms with Crippen molar-refractivity contribution in [1.29, 1.82) is 0 Å². The molecule has 134 valence electrons. The lowest BCUT2D eigenvalue weighted by atomic mass is 10.2. The Bertz CT molecular complexity index is 680. The summed E-state index contributed by atoms with van der Waals surface area (Å²) in [6.07, 6.45) is -0.191. The molecule has 2 rings (SSSR count). The fraction of sp³-hybridized carbons (Fsp3) is 0.350. The van der Waals surface area contributed by atoms with Crippen molar-refractivity contribution in [1.82, 2.24) is 0 Å². The lowest BCUT2D eigenvalue weighted by Crippen LogP contribution is -2.34. The third kappa shape index (κ3) is 6.62. The van der Waals surface area contributed by atoms with E-state index in [4.69, 9.17) is 14.2 Å². The van der Waals surface area contributed by atoms with Crippen molar-refractivity contribution >= 4 is 14.0 Å². The highest BCUT2D eigenvalue weighted by atomic mass is 28.3. The number of rotatable bonds is 8. The number of carbonyl (C=O) groups is 1. The average Bonchev–Trinajstić information content (AvgIpc) is 2.59. The van der Waals surface area contributed by atoms with Crippen LogP contribution in [0.15, 0.2) is 54.6 Å². The first-order chi connectivity index (χ1) is 11.8. The Morgan fingerprint density at radius 2 is 1.56 bits per heavy atom. The molecule has 4 nitrogen and oxygen atoms in total. The Morgan fingerprint density at radius 1 is 0.960 bits per heavy atom. The first-order valence-corrected chi connectivity index (χ1v) is 12.1. The SMILES string of the molecule is CC(Oc1ccccc1OCc1ccccc1)C(=O)OC[Si](C)(C)C. The fourth-order valence-corrected chi connectivity index (χ4v) is 2.62. The molecule has 0 aromatic heterocycles. The summed E-state index contributed by atoms with van der Waals surface area (Å²) >= 11 is 0. The first-order valence-electron chi connectivity index (χ1n) is 8.44. The van der Waals surface area contributed by atoms with Crippen LogP contribution in [-0.4, -0.2) is 26.4 Å². The Morgan fingerprint density at radius 3 is 2.20 bits per heavy atom. The van der Waals surface area contributed by atoms with E-state index in [1.54, 1.807) is 13.0 Å². The molecular formula is C20H26O4Si. The van der Waals surface area contributed by atoms with Crippen LogP contribution in [0.1, 0.15) is 12.5 Å². The molecule has 25 heavy (non-hydrogen) atoms. The zero-order chi connectivity index (χ0) is 18.3. The lowest BCUT2D eigenvalue weighted by Gasteiger charge is -2.20. The van der Waals surface area contributed by atoms with Gasteiger partial charge in [0.15, 0.2) is 17.6 Å². The van der Waals surface area contributed by atoms with Crippen LogP contribution in [0.2, 0.25) is 19.6 Å². The minimum absolute atomic E-state index is 0.347. The van der Waals surface area contributed by atoms with Gasteiger partial charge in [-0.05, 0) is 24.6 Å². The van der Waals surface area contributed by atoms with Crippen LogP contribution in [0.5, 0.6) is 11.5 Å². The van der Waals surface area contributed by atoms with Gasteiger partial charge in [-0.2, -0.15) is 0 Å². The zero-order valence-electron chi connectivity index (χ0n) is 15.3. The molecule has 0 spiro atoms. The van der Waals surface area contributed by atoms with Gasteiger partial charge in [0, 0.05) is 0 Å². The normalized spacial score (nSPS) is 12.3. The molecule has 1 unspecified atom stereocenters. The molecule has 2 aromatic carbocycles. The molecule has 0 aliphatic heterocycles. The van der Waals surface area contributed by atoms with Crippen LogP contribution < -0.4 is 9.47 Å². The summed E-state index contributed by atoms with van der Waals surface area (Å²) in [6, 6.07) is 17.3. The van der Waals surface area contributed by atoms with E-state index in [9.17, 15) is 4.79 Å². The molecule has 2 aromatic rings. The molecule has 0 N–H and O–H groups in total. The van der Waals surface area contributed by atoms with E-state index in [-0.39, 0.29) is 5.97 Å². The highest BCUT2D eigenvalue weighted by Gasteiger charge is 2.22. The summed E-state index contributed by atoms with van der Waals surface area (Å²) in [4.78, 5) is 12.1. The lowest BCUT2D eigenvalue weighted by molar-refractivity contribution is -0.149. The van der Waals surface area contributed by atoms with Crippen LogP contribution in [0.3, 0.4) is 0 Å². The topological polar surface area (TPSA) is 44.8 Å². The molecule has 0 fully saturated rings. The van der Waals surface area contributed by atoms with Gasteiger partial charge >= 0.3 is 5.97 Å². The highest BCUT2D eigenvalue weighted by molar-refractivity contribution is 6.76. The molecule has 0 radical (unpaired) electrons. The number of hydrogen-bond donors (Lipinski definition) is 0. The Hall–Kier alpha value is -2.27. The second-order valence-corrected chi connectivity index (χ2v) is 12.6. The van der Waals surface area contributed by atoms with Crippen molar-refractivity contribution < 1.29 is 19.0 Å². The molecule has 0 aliphatic carbocycles. The second kappa shape index (κ2) is 8.71. The van der Waals surface area contributed by atoms with Crippen molar-refractivity contribution in [3.63, 3.8) is 0 Å². The number of para-hydroxylation sites is 2. The monoisotopic (exact) mass is 358 g/mol. The summed E-state index contributed by atoms with van der Waals surface area (Å²) in [7, 11) is -1.44. The fourth-order valence-electron chi connectivity index (χ4n) is 2.05. The maximum absolute atomic E-state index is 12.1. The smallest absolute Gasteiger partial charge is 0.346 e. The van der Waals surface area contributed by atoms with E-state index in [1.165, 1.54) is 0 Å². The molecule has 0 saturated carbocycles. The van der Waals surface area contributed by atoms with E-state index in [1.807, 2.05) is 48.5 Å². The van der Waals surface area contributed by atoms with Crippen molar-refractivity contribution in [3.8, 4) is 11.5 Å². The summed E-state index contributed by atoms with van der Waals surface area (Å²) in [5.41, 5.74) is 1.07. The van der Waals surface area contributed by atoms with E-state index < -0.39 is 14.2 Å². The molecule has 0 amide bonds. The average molecular weight is 359 g/mol. The van der Waals surface area contributed by atoms with E-state index in [0.29, 0.717) is 24.3 Å². The molecule has 1 atom stereocenters. The van der Waals surface area contributed by atoms with Gasteiger partial charge in [-0.1, -0.05) is 62.1 Å². The van der Waals surface area contributed by atoms with Crippen LogP contribution in [0, 0.1) is 0 Å². The van der Waals surface area contributed by atoms with Crippen LogP contribution >= 0.6 is 0 Å². The van der Waals surface area contributed by atoms with Crippen LogP contribution in [0.25, 0.3) is 0 Å². The summed E-state index contributed by atoms with van der Waals surface area (Å²) in [6.45, 7) is 8.59. The number of esters is 1. The maximum atomic E-state index is 12.1. The van der Waals surface area contributed by atoms with Gasteiger partial charge in [0.05, 0.1) is 14.3 Å². The zero-order valence-corrected chi connectivity index (χ0v) is 16.3. The van der Waals surface area contributed by atoms with Gasteiger partial charge in [-0.15, -0.1) is 0 Å². The molecule has 0 saturated heterocycles. The standard InChI is InChI=1S/C20H26O4Si/c1-16(20(21)23-15-25(2,3)4)24-19-13-9-8-12-18(19)22-14-17-10-6-5-7-11-17/h5-13,16H,14-15H2,1-4H3. The van der Waals surface area contributed by atoms with Gasteiger partial charge in [0.25, 0.3) is 0 Å². The minimum Gasteiger partial charge on any atom is -0.485 e. The predicted molar refractivity (Wildman–Crippen MR) is 102 cm³/mol. The van der Waals surface area contributed by atoms with Gasteiger partial charge in [0.2, 0.25) is 0 Å². The Balaban J connectivity index is 1.96. The van der Waals surface area contributed by atoms with E-state index >= 15 is 0 Å². The number of carbonyl (C=O) groups excluding carboxylic acids is 1. The van der Waals surface area contributed by atoms with Crippen LogP contribution in [-0.2, 0) is 16.1 Å². The van der Waals surface area contributed by atoms with E-state index in [2.05, 4.69) is 19.6 Å². The number of benzene rings is 2. The third-order valence-corrected chi connectivity index (χ3v) is 4.38. The minimum atomic E-state index is -1.44. The molecule has 0 aliphatic rings. The second-order valence-electron chi connectivity index (χ2n) is 7.15. The molecule has 5 heteroatoms. The quantitative estimate of drug-likeness (QED) is 0.516. The summed E-state index contributed by atoms with van der Waals surface area (Å²) in [5.74, 6) is 0.798. The van der Waals surface area contributed by atoms with Gasteiger partial charge in [0.1, 0.15) is 6.61 Å². The van der Waals surface area contributed by atoms with Crippen molar-refractivity contribution in [2.45, 2.75) is 39.3 Å². The Kier molecular flexibility index (Phi) is 6.64. The first kappa shape index (κ1) is 19.1. The molecule has 0 heterocycles. The number of hydrogen-bond acceptors (Lipinski definition) is 4. The van der Waals surface area contributed by atoms with Gasteiger partial charge in [-0.3, -0.25) is 0 Å². The van der Waals surface area contributed by atoms with Gasteiger partial charge < -0.3 is 14.2 Å². The molecular weight excluding hydrogens is 332 g/mol. The maximum Gasteiger partial charge on any atom is 0.346 e. The predicted octanol–water partition coefficient (Wildman–Crippen LogP) is 4.45. The van der Waals surface area contributed by atoms with Gasteiger partial charge in [-0.25, -0.2) is 4.79 Å². The van der Waals surface area contributed by atoms with Crippen molar-refractivity contribution in [2.75, 3.05) is 6.23 Å². The molecule has 0 bridgehead atoms. The largest absolute Gasteiger partial charge is 0.485 e. The number of ether oxygens (including phenoxy) is 3. The van der Waals surface area contributed by atoms with E-state index in [0.717, 1.165) is 5.56 Å². The summed E-state index contributed by atoms with van der Waals surface area (Å²) in [5, 5.41) is 0. The Labute approximate surface area is 150 Å². The van der Waals surface area contributed by atoms with Crippen LogP contribution in [0.4, 0.5) is 0 Å². The summed E-state index contributed by atoms with van der Waals surface area (Å²) < 4.78 is 17.0. The van der Waals surface area contributed by atoms with Crippen molar-refractivity contribution in [2.24, 2.45) is 0 Å².